The van der Waals surface area contributed by atoms with E-state index >= 15 is 0 Å². The van der Waals surface area contributed by atoms with Crippen LogP contribution < -0.4 is 4.74 Å². The first-order valence-electron chi connectivity index (χ1n) is 9.27. The van der Waals surface area contributed by atoms with Crippen LogP contribution in [0.25, 0.3) is 0 Å². The molecule has 3 aliphatic heterocycles. The molecule has 29 heavy (non-hydrogen) atoms. The summed E-state index contributed by atoms with van der Waals surface area (Å²) in [5.74, 6) is -1.57. The fraction of sp³-hybridized carbons (Fsp3) is 0.632. The first kappa shape index (κ1) is 20.0. The van der Waals surface area contributed by atoms with Crippen molar-refractivity contribution in [1.82, 2.24) is 0 Å². The van der Waals surface area contributed by atoms with E-state index in [1.807, 2.05) is 6.07 Å². The minimum Gasteiger partial charge on any atom is -0.489 e. The summed E-state index contributed by atoms with van der Waals surface area (Å²) in [5.41, 5.74) is -0.461. The van der Waals surface area contributed by atoms with Crippen molar-refractivity contribution in [2.75, 3.05) is 6.61 Å². The lowest BCUT2D eigenvalue weighted by Gasteiger charge is -2.37. The van der Waals surface area contributed by atoms with Gasteiger partial charge in [-0.05, 0) is 33.8 Å². The summed E-state index contributed by atoms with van der Waals surface area (Å²) in [6, 6.07) is 6.05. The molecule has 1 unspecified atom stereocenters. The highest BCUT2D eigenvalue weighted by Gasteiger charge is 2.60. The number of nitro benzene ring substituents is 1. The Balaban J connectivity index is 1.56. The zero-order valence-electron chi connectivity index (χ0n) is 16.5. The Hall–Kier alpha value is -2.29. The maximum atomic E-state index is 11.2. The van der Waals surface area contributed by atoms with Gasteiger partial charge in [0.25, 0.3) is 5.69 Å². The Morgan fingerprint density at radius 3 is 2.45 bits per heavy atom. The molecule has 0 spiro atoms. The monoisotopic (exact) mass is 406 g/mol. The zero-order valence-corrected chi connectivity index (χ0v) is 16.5. The Morgan fingerprint density at radius 2 is 1.76 bits per heavy atom. The number of nitriles is 1. The predicted molar refractivity (Wildman–Crippen MR) is 95.8 cm³/mol. The highest BCUT2D eigenvalue weighted by Crippen LogP contribution is 2.44. The molecular formula is C19H22N2O8. The molecule has 0 N–H and O–H groups in total. The second kappa shape index (κ2) is 6.90. The Morgan fingerprint density at radius 1 is 1.10 bits per heavy atom. The number of nitrogens with zero attached hydrogens (tertiary/aromatic N) is 2. The molecule has 4 rings (SSSR count). The van der Waals surface area contributed by atoms with Crippen molar-refractivity contribution in [2.45, 2.75) is 70.0 Å². The van der Waals surface area contributed by atoms with Gasteiger partial charge in [-0.25, -0.2) is 0 Å². The molecule has 3 fully saturated rings. The molecule has 10 nitrogen and oxygen atoms in total. The van der Waals surface area contributed by atoms with Gasteiger partial charge in [-0.2, -0.15) is 5.26 Å². The van der Waals surface area contributed by atoms with Crippen LogP contribution in [0.1, 0.15) is 33.3 Å². The summed E-state index contributed by atoms with van der Waals surface area (Å²) in [6.45, 7) is 7.17. The van der Waals surface area contributed by atoms with E-state index in [1.54, 1.807) is 27.7 Å². The van der Waals surface area contributed by atoms with Gasteiger partial charge in [0, 0.05) is 6.07 Å². The van der Waals surface area contributed by atoms with Crippen molar-refractivity contribution in [3.8, 4) is 11.8 Å². The van der Waals surface area contributed by atoms with Crippen LogP contribution in [0.5, 0.6) is 5.75 Å². The smallest absolute Gasteiger partial charge is 0.290 e. The molecule has 5 atom stereocenters. The van der Waals surface area contributed by atoms with Gasteiger partial charge in [-0.15, -0.1) is 0 Å². The van der Waals surface area contributed by atoms with Crippen LogP contribution in [-0.4, -0.2) is 53.8 Å². The number of ether oxygens (including phenoxy) is 6. The minimum atomic E-state index is -0.842. The van der Waals surface area contributed by atoms with Gasteiger partial charge in [0.05, 0.1) is 4.92 Å². The van der Waals surface area contributed by atoms with Gasteiger partial charge in [-0.1, -0.05) is 6.07 Å². The highest BCUT2D eigenvalue weighted by atomic mass is 16.9. The molecule has 0 radical (unpaired) electrons. The van der Waals surface area contributed by atoms with E-state index < -0.39 is 47.2 Å². The number of hydrogen-bond acceptors (Lipinski definition) is 9. The summed E-state index contributed by atoms with van der Waals surface area (Å²) in [4.78, 5) is 10.5. The zero-order chi connectivity index (χ0) is 21.0. The number of fused-ring (bicyclic) bond motifs is 3. The molecule has 1 aromatic carbocycles. The summed E-state index contributed by atoms with van der Waals surface area (Å²) < 4.78 is 35.6. The standard InChI is InChI=1S/C19H22N2O8/c1-18(2)26-14-13(25-17-16(15(14)27-18)28-19(3,4)29-17)9-24-12-7-5-6-11(21(22)23)10(12)8-20/h5-7,13-17H,9H2,1-4H3/t13?,14-,15-,16+,17+/m0/s1. The van der Waals surface area contributed by atoms with Gasteiger partial charge in [0.1, 0.15) is 42.8 Å². The Bertz CT molecular complexity index is 864. The quantitative estimate of drug-likeness (QED) is 0.547. The first-order chi connectivity index (χ1) is 13.6. The topological polar surface area (TPSA) is 122 Å². The Kier molecular flexibility index (Phi) is 4.76. The maximum Gasteiger partial charge on any atom is 0.290 e. The third-order valence-electron chi connectivity index (χ3n) is 4.97. The normalized spacial score (nSPS) is 34.1. The highest BCUT2D eigenvalue weighted by molar-refractivity contribution is 5.56. The van der Waals surface area contributed by atoms with Crippen LogP contribution in [0, 0.1) is 21.4 Å². The maximum absolute atomic E-state index is 11.2. The van der Waals surface area contributed by atoms with Crippen molar-refractivity contribution in [3.63, 3.8) is 0 Å². The molecule has 0 bridgehead atoms. The van der Waals surface area contributed by atoms with E-state index in [9.17, 15) is 15.4 Å². The van der Waals surface area contributed by atoms with E-state index in [-0.39, 0.29) is 23.6 Å². The molecule has 0 saturated carbocycles. The lowest BCUT2D eigenvalue weighted by atomic mass is 9.99. The molecule has 0 aliphatic carbocycles. The van der Waals surface area contributed by atoms with E-state index in [4.69, 9.17) is 28.4 Å². The SMILES string of the molecule is CC1(C)O[C@H]2OC(COc3cccc([N+](=O)[O-])c3C#N)[C@@H]3OC(C)(C)O[C@@H]3[C@H]2O1. The lowest BCUT2D eigenvalue weighted by Crippen LogP contribution is -2.56. The van der Waals surface area contributed by atoms with E-state index in [1.165, 1.54) is 18.2 Å². The van der Waals surface area contributed by atoms with Crippen LogP contribution in [0.15, 0.2) is 18.2 Å². The summed E-state index contributed by atoms with van der Waals surface area (Å²) in [5, 5.41) is 20.5. The van der Waals surface area contributed by atoms with Crippen molar-refractivity contribution >= 4 is 5.69 Å². The van der Waals surface area contributed by atoms with Crippen molar-refractivity contribution < 1.29 is 33.3 Å². The molecule has 3 heterocycles. The van der Waals surface area contributed by atoms with Crippen molar-refractivity contribution in [3.05, 3.63) is 33.9 Å². The predicted octanol–water partition coefficient (Wildman–Crippen LogP) is 2.24. The van der Waals surface area contributed by atoms with Crippen molar-refractivity contribution in [1.29, 1.82) is 5.26 Å². The fourth-order valence-electron chi connectivity index (χ4n) is 3.90. The lowest BCUT2D eigenvalue weighted by molar-refractivity contribution is -0.385. The van der Waals surface area contributed by atoms with E-state index in [0.29, 0.717) is 0 Å². The minimum absolute atomic E-state index is 0.0105. The molecule has 3 aliphatic rings. The van der Waals surface area contributed by atoms with Gasteiger partial charge in [-0.3, -0.25) is 10.1 Å². The number of rotatable bonds is 4. The molecule has 10 heteroatoms. The summed E-state index contributed by atoms with van der Waals surface area (Å²) in [6.07, 6.45) is -2.64. The first-order valence-corrected chi connectivity index (χ1v) is 9.27. The third kappa shape index (κ3) is 3.68. The number of hydrogen-bond donors (Lipinski definition) is 0. The second-order valence-electron chi connectivity index (χ2n) is 8.04. The second-order valence-corrected chi connectivity index (χ2v) is 8.04. The average Bonchev–Trinajstić information content (AvgIpc) is 3.13. The molecular weight excluding hydrogens is 384 g/mol. The molecule has 0 aromatic heterocycles. The summed E-state index contributed by atoms with van der Waals surface area (Å²) >= 11 is 0. The summed E-state index contributed by atoms with van der Waals surface area (Å²) in [7, 11) is 0. The molecule has 156 valence electrons. The van der Waals surface area contributed by atoms with E-state index in [0.717, 1.165) is 0 Å². The van der Waals surface area contributed by atoms with Gasteiger partial charge < -0.3 is 28.4 Å². The van der Waals surface area contributed by atoms with Crippen LogP contribution in [0.3, 0.4) is 0 Å². The van der Waals surface area contributed by atoms with Crippen LogP contribution in [0.4, 0.5) is 5.69 Å². The van der Waals surface area contributed by atoms with Gasteiger partial charge in [0.15, 0.2) is 23.4 Å². The number of nitro groups is 1. The largest absolute Gasteiger partial charge is 0.489 e. The van der Waals surface area contributed by atoms with Crippen LogP contribution in [0.2, 0.25) is 0 Å². The van der Waals surface area contributed by atoms with Crippen LogP contribution >= 0.6 is 0 Å². The average molecular weight is 406 g/mol. The van der Waals surface area contributed by atoms with Gasteiger partial charge >= 0.3 is 0 Å². The molecule has 0 amide bonds. The molecule has 3 saturated heterocycles. The van der Waals surface area contributed by atoms with Crippen molar-refractivity contribution in [2.24, 2.45) is 0 Å². The van der Waals surface area contributed by atoms with E-state index in [2.05, 4.69) is 0 Å². The van der Waals surface area contributed by atoms with Crippen LogP contribution in [-0.2, 0) is 23.7 Å². The third-order valence-corrected chi connectivity index (χ3v) is 4.97. The fourth-order valence-corrected chi connectivity index (χ4v) is 3.90. The number of benzene rings is 1. The Labute approximate surface area is 167 Å². The van der Waals surface area contributed by atoms with Gasteiger partial charge in [0.2, 0.25) is 0 Å². The molecule has 1 aromatic rings.